The lowest BCUT2D eigenvalue weighted by Crippen LogP contribution is -2.37. The molecular weight excluding hydrogens is 290 g/mol. The number of hydrogen-bond donors (Lipinski definition) is 2. The number of rotatable bonds is 4. The largest absolute Gasteiger partial charge is 0.506 e. The van der Waals surface area contributed by atoms with E-state index >= 15 is 0 Å². The molecule has 1 unspecified atom stereocenters. The van der Waals surface area contributed by atoms with Gasteiger partial charge in [0.25, 0.3) is 0 Å². The van der Waals surface area contributed by atoms with Gasteiger partial charge in [0, 0.05) is 6.08 Å². The molecule has 0 amide bonds. The van der Waals surface area contributed by atoms with E-state index in [1.54, 1.807) is 12.1 Å². The standard InChI is InChI=1S/C19H19NO3/c1-13-8-9-16(21)15(12-13)20-18(14-6-4-3-5-7-14)19(2)11-10-17(22)23-19/h3-12,18,20-21H,1-2H3/t18-,19?/m1/s1. The summed E-state index contributed by atoms with van der Waals surface area (Å²) in [6.07, 6.45) is 3.20. The zero-order valence-corrected chi connectivity index (χ0v) is 13.1. The Labute approximate surface area is 135 Å². The predicted octanol–water partition coefficient (Wildman–Crippen LogP) is 3.73. The van der Waals surface area contributed by atoms with Gasteiger partial charge in [0.05, 0.1) is 11.7 Å². The van der Waals surface area contributed by atoms with E-state index in [1.807, 2.05) is 56.3 Å². The smallest absolute Gasteiger partial charge is 0.331 e. The van der Waals surface area contributed by atoms with Gasteiger partial charge in [-0.05, 0) is 43.2 Å². The number of carbonyl (C=O) groups is 1. The topological polar surface area (TPSA) is 58.6 Å². The molecule has 2 N–H and O–H groups in total. The highest BCUT2D eigenvalue weighted by Gasteiger charge is 2.40. The minimum absolute atomic E-state index is 0.161. The highest BCUT2D eigenvalue weighted by molar-refractivity contribution is 5.85. The maximum absolute atomic E-state index is 11.6. The second-order valence-corrected chi connectivity index (χ2v) is 5.95. The van der Waals surface area contributed by atoms with Crippen molar-refractivity contribution in [3.63, 3.8) is 0 Å². The monoisotopic (exact) mass is 309 g/mol. The molecule has 1 heterocycles. The van der Waals surface area contributed by atoms with Crippen LogP contribution in [0.15, 0.2) is 60.7 Å². The summed E-state index contributed by atoms with van der Waals surface area (Å²) in [7, 11) is 0. The Morgan fingerprint density at radius 1 is 1.17 bits per heavy atom. The minimum atomic E-state index is -0.825. The first-order valence-corrected chi connectivity index (χ1v) is 7.51. The molecule has 0 spiro atoms. The van der Waals surface area contributed by atoms with Crippen molar-refractivity contribution in [3.05, 3.63) is 71.8 Å². The number of phenolic OH excluding ortho intramolecular Hbond substituents is 1. The Kier molecular flexibility index (Phi) is 3.82. The first-order chi connectivity index (χ1) is 11.0. The number of hydrogen-bond acceptors (Lipinski definition) is 4. The van der Waals surface area contributed by atoms with E-state index in [9.17, 15) is 9.90 Å². The van der Waals surface area contributed by atoms with E-state index in [1.165, 1.54) is 6.08 Å². The Morgan fingerprint density at radius 3 is 2.57 bits per heavy atom. The lowest BCUT2D eigenvalue weighted by atomic mass is 9.90. The third kappa shape index (κ3) is 3.06. The van der Waals surface area contributed by atoms with Gasteiger partial charge in [-0.25, -0.2) is 4.79 Å². The molecule has 0 fully saturated rings. The first-order valence-electron chi connectivity index (χ1n) is 7.51. The number of benzene rings is 2. The van der Waals surface area contributed by atoms with Crippen LogP contribution in [-0.2, 0) is 9.53 Å². The van der Waals surface area contributed by atoms with Crippen LogP contribution in [0, 0.1) is 6.92 Å². The van der Waals surface area contributed by atoms with Crippen molar-refractivity contribution < 1.29 is 14.6 Å². The van der Waals surface area contributed by atoms with Gasteiger partial charge in [-0.3, -0.25) is 0 Å². The molecule has 1 aliphatic heterocycles. The summed E-state index contributed by atoms with van der Waals surface area (Å²) in [6.45, 7) is 3.81. The van der Waals surface area contributed by atoms with Crippen LogP contribution in [0.1, 0.15) is 24.1 Å². The molecule has 4 nitrogen and oxygen atoms in total. The maximum Gasteiger partial charge on any atom is 0.331 e. The second kappa shape index (κ2) is 5.80. The van der Waals surface area contributed by atoms with Gasteiger partial charge in [0.2, 0.25) is 0 Å². The van der Waals surface area contributed by atoms with Gasteiger partial charge in [-0.15, -0.1) is 0 Å². The van der Waals surface area contributed by atoms with Crippen molar-refractivity contribution >= 4 is 11.7 Å². The molecule has 0 aromatic heterocycles. The summed E-state index contributed by atoms with van der Waals surface area (Å²) < 4.78 is 5.51. The van der Waals surface area contributed by atoms with Crippen molar-refractivity contribution in [2.75, 3.05) is 5.32 Å². The van der Waals surface area contributed by atoms with Crippen molar-refractivity contribution in [1.29, 1.82) is 0 Å². The fourth-order valence-electron chi connectivity index (χ4n) is 2.80. The van der Waals surface area contributed by atoms with Gasteiger partial charge in [0.1, 0.15) is 5.75 Å². The Morgan fingerprint density at radius 2 is 1.91 bits per heavy atom. The SMILES string of the molecule is Cc1ccc(O)c(N[C@H](c2ccccc2)C2(C)C=CC(=O)O2)c1. The van der Waals surface area contributed by atoms with Crippen LogP contribution in [-0.4, -0.2) is 16.7 Å². The number of ether oxygens (including phenoxy) is 1. The van der Waals surface area contributed by atoms with E-state index in [0.29, 0.717) is 5.69 Å². The number of phenols is 1. The summed E-state index contributed by atoms with van der Waals surface area (Å²) in [5, 5.41) is 13.5. The number of carbonyl (C=O) groups excluding carboxylic acids is 1. The summed E-state index contributed by atoms with van der Waals surface area (Å²) >= 11 is 0. The summed E-state index contributed by atoms with van der Waals surface area (Å²) in [5.74, 6) is -0.197. The zero-order valence-electron chi connectivity index (χ0n) is 13.1. The van der Waals surface area contributed by atoms with Gasteiger partial charge in [-0.2, -0.15) is 0 Å². The Bertz CT molecular complexity index is 754. The predicted molar refractivity (Wildman–Crippen MR) is 89.3 cm³/mol. The molecule has 2 aromatic carbocycles. The lowest BCUT2D eigenvalue weighted by molar-refractivity contribution is -0.145. The fourth-order valence-corrected chi connectivity index (χ4v) is 2.80. The number of aromatic hydroxyl groups is 1. The van der Waals surface area contributed by atoms with Crippen LogP contribution in [0.5, 0.6) is 5.75 Å². The number of anilines is 1. The number of cyclic esters (lactones) is 1. The summed E-state index contributed by atoms with van der Waals surface area (Å²) in [4.78, 5) is 11.6. The van der Waals surface area contributed by atoms with E-state index < -0.39 is 5.60 Å². The highest BCUT2D eigenvalue weighted by atomic mass is 16.6. The molecule has 0 saturated heterocycles. The highest BCUT2D eigenvalue weighted by Crippen LogP contribution is 2.38. The van der Waals surface area contributed by atoms with Gasteiger partial charge >= 0.3 is 5.97 Å². The third-order valence-electron chi connectivity index (χ3n) is 4.03. The number of esters is 1. The van der Waals surface area contributed by atoms with Gasteiger partial charge in [-0.1, -0.05) is 36.4 Å². The molecule has 0 bridgehead atoms. The van der Waals surface area contributed by atoms with E-state index in [4.69, 9.17) is 4.74 Å². The third-order valence-corrected chi connectivity index (χ3v) is 4.03. The molecular formula is C19H19NO3. The lowest BCUT2D eigenvalue weighted by Gasteiger charge is -2.33. The van der Waals surface area contributed by atoms with Crippen molar-refractivity contribution in [1.82, 2.24) is 0 Å². The number of nitrogens with one attached hydrogen (secondary N) is 1. The normalized spacial score (nSPS) is 21.0. The molecule has 4 heteroatoms. The quantitative estimate of drug-likeness (QED) is 0.667. The number of aryl methyl sites for hydroxylation is 1. The van der Waals surface area contributed by atoms with Crippen LogP contribution >= 0.6 is 0 Å². The fraction of sp³-hybridized carbons (Fsp3) is 0.211. The van der Waals surface area contributed by atoms with Crippen molar-refractivity contribution in [2.24, 2.45) is 0 Å². The zero-order chi connectivity index (χ0) is 16.4. The molecule has 0 aliphatic carbocycles. The Hall–Kier alpha value is -2.75. The van der Waals surface area contributed by atoms with Crippen LogP contribution in [0.3, 0.4) is 0 Å². The van der Waals surface area contributed by atoms with E-state index in [0.717, 1.165) is 11.1 Å². The molecule has 0 saturated carbocycles. The van der Waals surface area contributed by atoms with Crippen molar-refractivity contribution in [3.8, 4) is 5.75 Å². The minimum Gasteiger partial charge on any atom is -0.506 e. The Balaban J connectivity index is 2.01. The molecule has 23 heavy (non-hydrogen) atoms. The molecule has 2 atom stereocenters. The second-order valence-electron chi connectivity index (χ2n) is 5.95. The summed E-state index contributed by atoms with van der Waals surface area (Å²) in [6, 6.07) is 14.8. The van der Waals surface area contributed by atoms with Gasteiger partial charge in [0.15, 0.2) is 5.60 Å². The first kappa shape index (κ1) is 15.2. The average molecular weight is 309 g/mol. The molecule has 1 aliphatic rings. The van der Waals surface area contributed by atoms with Crippen LogP contribution in [0.4, 0.5) is 5.69 Å². The van der Waals surface area contributed by atoms with Gasteiger partial charge < -0.3 is 15.2 Å². The molecule has 2 aromatic rings. The van der Waals surface area contributed by atoms with E-state index in [-0.39, 0.29) is 17.8 Å². The average Bonchev–Trinajstić information content (AvgIpc) is 2.89. The van der Waals surface area contributed by atoms with Crippen molar-refractivity contribution in [2.45, 2.75) is 25.5 Å². The van der Waals surface area contributed by atoms with Crippen LogP contribution < -0.4 is 5.32 Å². The maximum atomic E-state index is 11.6. The molecule has 3 rings (SSSR count). The molecule has 118 valence electrons. The van der Waals surface area contributed by atoms with Crippen LogP contribution in [0.2, 0.25) is 0 Å². The summed E-state index contributed by atoms with van der Waals surface area (Å²) in [5.41, 5.74) is 1.78. The van der Waals surface area contributed by atoms with E-state index in [2.05, 4.69) is 5.32 Å². The molecule has 0 radical (unpaired) electrons. The van der Waals surface area contributed by atoms with Crippen LogP contribution in [0.25, 0.3) is 0 Å².